The van der Waals surface area contributed by atoms with Crippen molar-refractivity contribution in [2.24, 2.45) is 0 Å². The summed E-state index contributed by atoms with van der Waals surface area (Å²) in [6.45, 7) is 5.15. The van der Waals surface area contributed by atoms with Crippen molar-refractivity contribution in [1.82, 2.24) is 14.7 Å². The standard InChI is InChI=1S/C14H19ClN4O/c1-3-7-19-14(20)13(12(15)10-17-19)16-9-11-6-5-8-18(11)4-2/h1,10-11,16H,4-9H2,2H3. The third-order valence-electron chi connectivity index (χ3n) is 3.66. The molecule has 0 radical (unpaired) electrons. The molecule has 6 heteroatoms. The lowest BCUT2D eigenvalue weighted by Gasteiger charge is -2.23. The molecular weight excluding hydrogens is 276 g/mol. The predicted octanol–water partition coefficient (Wildman–Crippen LogP) is 1.43. The first kappa shape index (κ1) is 14.9. The molecule has 0 aliphatic carbocycles. The molecule has 2 rings (SSSR count). The van der Waals surface area contributed by atoms with E-state index in [9.17, 15) is 4.79 Å². The Bertz CT molecular complexity index is 563. The number of hydrogen-bond donors (Lipinski definition) is 1. The number of terminal acetylenes is 1. The van der Waals surface area contributed by atoms with E-state index >= 15 is 0 Å². The summed E-state index contributed by atoms with van der Waals surface area (Å²) in [6, 6.07) is 0.449. The van der Waals surface area contributed by atoms with Crippen LogP contribution in [0.2, 0.25) is 5.02 Å². The van der Waals surface area contributed by atoms with Gasteiger partial charge < -0.3 is 5.32 Å². The smallest absolute Gasteiger partial charge is 0.292 e. The van der Waals surface area contributed by atoms with Crippen LogP contribution in [0.1, 0.15) is 19.8 Å². The van der Waals surface area contributed by atoms with Gasteiger partial charge in [0, 0.05) is 12.6 Å². The second-order valence-corrected chi connectivity index (χ2v) is 5.25. The molecular formula is C14H19ClN4O. The van der Waals surface area contributed by atoms with Crippen molar-refractivity contribution in [3.8, 4) is 12.3 Å². The van der Waals surface area contributed by atoms with E-state index in [4.69, 9.17) is 18.0 Å². The average molecular weight is 295 g/mol. The first-order valence-electron chi connectivity index (χ1n) is 6.84. The van der Waals surface area contributed by atoms with Crippen molar-refractivity contribution in [2.75, 3.05) is 25.0 Å². The average Bonchev–Trinajstić information content (AvgIpc) is 2.89. The van der Waals surface area contributed by atoms with Gasteiger partial charge in [0.1, 0.15) is 12.2 Å². The highest BCUT2D eigenvalue weighted by atomic mass is 35.5. The molecule has 1 aliphatic heterocycles. The van der Waals surface area contributed by atoms with Gasteiger partial charge >= 0.3 is 0 Å². The van der Waals surface area contributed by atoms with Gasteiger partial charge in [0.05, 0.1) is 11.2 Å². The van der Waals surface area contributed by atoms with E-state index in [-0.39, 0.29) is 12.1 Å². The molecule has 0 spiro atoms. The number of nitrogens with one attached hydrogen (secondary N) is 1. The molecule has 1 aliphatic rings. The first-order chi connectivity index (χ1) is 9.67. The molecule has 20 heavy (non-hydrogen) atoms. The molecule has 5 nitrogen and oxygen atoms in total. The monoisotopic (exact) mass is 294 g/mol. The van der Waals surface area contributed by atoms with Crippen LogP contribution >= 0.6 is 11.6 Å². The summed E-state index contributed by atoms with van der Waals surface area (Å²) >= 11 is 6.05. The largest absolute Gasteiger partial charge is 0.378 e. The van der Waals surface area contributed by atoms with E-state index in [1.165, 1.54) is 17.3 Å². The van der Waals surface area contributed by atoms with Gasteiger partial charge in [-0.25, -0.2) is 4.68 Å². The number of anilines is 1. The molecule has 0 saturated carbocycles. The highest BCUT2D eigenvalue weighted by molar-refractivity contribution is 6.32. The Hall–Kier alpha value is -1.51. The highest BCUT2D eigenvalue weighted by Crippen LogP contribution is 2.19. The normalized spacial score (nSPS) is 18.9. The number of aromatic nitrogens is 2. The lowest BCUT2D eigenvalue weighted by Crippen LogP contribution is -2.36. The lowest BCUT2D eigenvalue weighted by atomic mass is 10.2. The minimum Gasteiger partial charge on any atom is -0.378 e. The molecule has 2 heterocycles. The van der Waals surface area contributed by atoms with Crippen molar-refractivity contribution in [3.05, 3.63) is 21.6 Å². The Labute approximate surface area is 123 Å². The van der Waals surface area contributed by atoms with Gasteiger partial charge in [0.25, 0.3) is 5.56 Å². The molecule has 1 N–H and O–H groups in total. The van der Waals surface area contributed by atoms with E-state index in [0.29, 0.717) is 23.3 Å². The molecule has 1 unspecified atom stereocenters. The SMILES string of the molecule is C#CCn1ncc(Cl)c(NCC2CCCN2CC)c1=O. The van der Waals surface area contributed by atoms with Crippen molar-refractivity contribution < 1.29 is 0 Å². The Balaban J connectivity index is 2.11. The Morgan fingerprint density at radius 3 is 3.15 bits per heavy atom. The summed E-state index contributed by atoms with van der Waals surface area (Å²) in [7, 11) is 0. The molecule has 1 atom stereocenters. The number of halogens is 1. The maximum atomic E-state index is 12.2. The summed E-state index contributed by atoms with van der Waals surface area (Å²) in [5.74, 6) is 2.41. The topological polar surface area (TPSA) is 50.2 Å². The van der Waals surface area contributed by atoms with Gasteiger partial charge in [-0.05, 0) is 25.9 Å². The zero-order chi connectivity index (χ0) is 14.5. The maximum Gasteiger partial charge on any atom is 0.292 e. The fourth-order valence-electron chi connectivity index (χ4n) is 2.59. The Morgan fingerprint density at radius 2 is 2.45 bits per heavy atom. The van der Waals surface area contributed by atoms with Crippen LogP contribution in [0.25, 0.3) is 0 Å². The molecule has 1 saturated heterocycles. The third kappa shape index (κ3) is 3.14. The van der Waals surface area contributed by atoms with Gasteiger partial charge in [-0.2, -0.15) is 5.10 Å². The van der Waals surface area contributed by atoms with Crippen LogP contribution in [-0.2, 0) is 6.54 Å². The Kier molecular flexibility index (Phi) is 5.05. The van der Waals surface area contributed by atoms with E-state index < -0.39 is 0 Å². The van der Waals surface area contributed by atoms with Gasteiger partial charge in [-0.1, -0.05) is 24.4 Å². The van der Waals surface area contributed by atoms with E-state index in [2.05, 4.69) is 28.2 Å². The van der Waals surface area contributed by atoms with Crippen LogP contribution < -0.4 is 10.9 Å². The van der Waals surface area contributed by atoms with Crippen LogP contribution in [0.15, 0.2) is 11.0 Å². The summed E-state index contributed by atoms with van der Waals surface area (Å²) in [6.07, 6.45) is 9.01. The quantitative estimate of drug-likeness (QED) is 0.835. The lowest BCUT2D eigenvalue weighted by molar-refractivity contribution is 0.277. The van der Waals surface area contributed by atoms with E-state index in [0.717, 1.165) is 19.5 Å². The second-order valence-electron chi connectivity index (χ2n) is 4.84. The summed E-state index contributed by atoms with van der Waals surface area (Å²) in [5, 5.41) is 7.43. The molecule has 0 bridgehead atoms. The van der Waals surface area contributed by atoms with E-state index in [1.807, 2.05) is 0 Å². The zero-order valence-corrected chi connectivity index (χ0v) is 12.4. The predicted molar refractivity (Wildman–Crippen MR) is 81.1 cm³/mol. The van der Waals surface area contributed by atoms with Gasteiger partial charge in [0.2, 0.25) is 0 Å². The number of likely N-dealkylation sites (tertiary alicyclic amines) is 1. The highest BCUT2D eigenvalue weighted by Gasteiger charge is 2.23. The number of nitrogens with zero attached hydrogens (tertiary/aromatic N) is 3. The second kappa shape index (κ2) is 6.78. The van der Waals surface area contributed by atoms with Crippen molar-refractivity contribution >= 4 is 17.3 Å². The molecule has 1 fully saturated rings. The maximum absolute atomic E-state index is 12.2. The third-order valence-corrected chi connectivity index (χ3v) is 3.94. The molecule has 0 aromatic carbocycles. The zero-order valence-electron chi connectivity index (χ0n) is 11.6. The van der Waals surface area contributed by atoms with E-state index in [1.54, 1.807) is 0 Å². The molecule has 1 aromatic rings. The first-order valence-corrected chi connectivity index (χ1v) is 7.22. The van der Waals surface area contributed by atoms with Crippen LogP contribution in [0.3, 0.4) is 0 Å². The van der Waals surface area contributed by atoms with Crippen molar-refractivity contribution in [2.45, 2.75) is 32.4 Å². The van der Waals surface area contributed by atoms with Gasteiger partial charge in [0.15, 0.2) is 0 Å². The Morgan fingerprint density at radius 1 is 1.65 bits per heavy atom. The minimum absolute atomic E-state index is 0.148. The van der Waals surface area contributed by atoms with Crippen LogP contribution in [-0.4, -0.2) is 40.4 Å². The fraction of sp³-hybridized carbons (Fsp3) is 0.571. The molecule has 1 aromatic heterocycles. The van der Waals surface area contributed by atoms with Gasteiger partial charge in [-0.15, -0.1) is 6.42 Å². The number of likely N-dealkylation sites (N-methyl/N-ethyl adjacent to an activating group) is 1. The summed E-state index contributed by atoms with van der Waals surface area (Å²) in [5.41, 5.74) is 0.122. The summed E-state index contributed by atoms with van der Waals surface area (Å²) < 4.78 is 1.24. The van der Waals surface area contributed by atoms with Crippen molar-refractivity contribution in [3.63, 3.8) is 0 Å². The van der Waals surface area contributed by atoms with Crippen LogP contribution in [0.5, 0.6) is 0 Å². The van der Waals surface area contributed by atoms with Crippen LogP contribution in [0.4, 0.5) is 5.69 Å². The number of rotatable bonds is 5. The van der Waals surface area contributed by atoms with Crippen molar-refractivity contribution in [1.29, 1.82) is 0 Å². The summed E-state index contributed by atoms with van der Waals surface area (Å²) in [4.78, 5) is 14.6. The van der Waals surface area contributed by atoms with Gasteiger partial charge in [-0.3, -0.25) is 9.69 Å². The van der Waals surface area contributed by atoms with Crippen LogP contribution in [0, 0.1) is 12.3 Å². The fourth-order valence-corrected chi connectivity index (χ4v) is 2.78. The molecule has 0 amide bonds. The minimum atomic E-state index is -0.267. The number of hydrogen-bond acceptors (Lipinski definition) is 4. The molecule has 108 valence electrons.